The van der Waals surface area contributed by atoms with Crippen molar-refractivity contribution in [3.8, 4) is 34.2 Å². The van der Waals surface area contributed by atoms with E-state index in [1.165, 1.54) is 30.3 Å². The van der Waals surface area contributed by atoms with Crippen LogP contribution >= 0.6 is 0 Å². The lowest BCUT2D eigenvalue weighted by atomic mass is 10.0. The number of benzene rings is 2. The van der Waals surface area contributed by atoms with Crippen molar-refractivity contribution in [2.45, 2.75) is 20.0 Å². The molecule has 166 valence electrons. The van der Waals surface area contributed by atoms with Gasteiger partial charge >= 0.3 is 6.18 Å². The molecule has 0 radical (unpaired) electrons. The van der Waals surface area contributed by atoms with Gasteiger partial charge in [-0.25, -0.2) is 13.9 Å². The fourth-order valence-electron chi connectivity index (χ4n) is 3.37. The molecule has 3 aromatic heterocycles. The van der Waals surface area contributed by atoms with Gasteiger partial charge in [0.15, 0.2) is 17.0 Å². The molecule has 0 spiro atoms. The second-order valence-corrected chi connectivity index (χ2v) is 7.55. The number of halogens is 4. The van der Waals surface area contributed by atoms with Gasteiger partial charge in [0.05, 0.1) is 5.69 Å². The van der Waals surface area contributed by atoms with Crippen molar-refractivity contribution in [2.24, 2.45) is 0 Å². The molecule has 0 amide bonds. The first-order chi connectivity index (χ1) is 15.7. The topological polar surface area (TPSA) is 69.1 Å². The Bertz CT molecular complexity index is 1490. The fourth-order valence-corrected chi connectivity index (χ4v) is 3.37. The number of alkyl halides is 3. The van der Waals surface area contributed by atoms with Crippen LogP contribution in [0.1, 0.15) is 16.8 Å². The molecule has 0 saturated carbocycles. The number of hydrogen-bond donors (Lipinski definition) is 0. The summed E-state index contributed by atoms with van der Waals surface area (Å²) in [6.45, 7) is 3.80. The third kappa shape index (κ3) is 3.84. The van der Waals surface area contributed by atoms with E-state index in [2.05, 4.69) is 20.2 Å². The zero-order valence-corrected chi connectivity index (χ0v) is 17.4. The van der Waals surface area contributed by atoms with E-state index in [9.17, 15) is 17.6 Å². The van der Waals surface area contributed by atoms with E-state index in [4.69, 9.17) is 4.52 Å². The second kappa shape index (κ2) is 7.51. The van der Waals surface area contributed by atoms with Gasteiger partial charge in [-0.3, -0.25) is 0 Å². The van der Waals surface area contributed by atoms with Crippen LogP contribution < -0.4 is 0 Å². The van der Waals surface area contributed by atoms with Crippen molar-refractivity contribution >= 4 is 5.65 Å². The molecule has 10 heteroatoms. The summed E-state index contributed by atoms with van der Waals surface area (Å²) in [5.41, 5.74) is 2.21. The lowest BCUT2D eigenvalue weighted by molar-refractivity contribution is -0.142. The van der Waals surface area contributed by atoms with Gasteiger partial charge in [0.25, 0.3) is 5.89 Å². The number of rotatable bonds is 3. The third-order valence-electron chi connectivity index (χ3n) is 5.27. The molecule has 5 aromatic rings. The Labute approximate surface area is 184 Å². The first kappa shape index (κ1) is 20.8. The Balaban J connectivity index is 1.62. The molecule has 0 unspecified atom stereocenters. The first-order valence-corrected chi connectivity index (χ1v) is 9.85. The summed E-state index contributed by atoms with van der Waals surface area (Å²) in [5.74, 6) is -0.351. The van der Waals surface area contributed by atoms with Crippen molar-refractivity contribution in [2.75, 3.05) is 0 Å². The van der Waals surface area contributed by atoms with Gasteiger partial charge in [0.2, 0.25) is 5.82 Å². The van der Waals surface area contributed by atoms with E-state index in [0.29, 0.717) is 15.6 Å². The monoisotopic (exact) mass is 453 g/mol. The highest BCUT2D eigenvalue weighted by atomic mass is 19.4. The maximum Gasteiger partial charge on any atom is 0.433 e. The van der Waals surface area contributed by atoms with E-state index in [1.807, 2.05) is 19.9 Å². The van der Waals surface area contributed by atoms with Gasteiger partial charge in [-0.2, -0.15) is 23.3 Å². The van der Waals surface area contributed by atoms with E-state index in [0.717, 1.165) is 17.2 Å². The van der Waals surface area contributed by atoms with Crippen LogP contribution in [0.3, 0.4) is 0 Å². The van der Waals surface area contributed by atoms with Crippen LogP contribution in [-0.4, -0.2) is 24.7 Å². The zero-order valence-electron chi connectivity index (χ0n) is 17.4. The highest BCUT2D eigenvalue weighted by Gasteiger charge is 2.35. The lowest BCUT2D eigenvalue weighted by Gasteiger charge is -2.11. The Morgan fingerprint density at radius 1 is 0.818 bits per heavy atom. The molecular weight excluding hydrogens is 438 g/mol. The van der Waals surface area contributed by atoms with Gasteiger partial charge in [0, 0.05) is 17.2 Å². The van der Waals surface area contributed by atoms with Crippen molar-refractivity contribution in [1.29, 1.82) is 0 Å². The van der Waals surface area contributed by atoms with Crippen LogP contribution in [0.25, 0.3) is 39.9 Å². The average Bonchev–Trinajstić information content (AvgIpc) is 3.42. The number of aromatic nitrogens is 5. The molecule has 6 nitrogen and oxygen atoms in total. The molecule has 2 aromatic carbocycles. The summed E-state index contributed by atoms with van der Waals surface area (Å²) in [6, 6.07) is 13.1. The van der Waals surface area contributed by atoms with E-state index >= 15 is 0 Å². The predicted molar refractivity (Wildman–Crippen MR) is 112 cm³/mol. The first-order valence-electron chi connectivity index (χ1n) is 9.85. The maximum atomic E-state index is 13.9. The van der Waals surface area contributed by atoms with Crippen molar-refractivity contribution < 1.29 is 22.1 Å². The lowest BCUT2D eigenvalue weighted by Crippen LogP contribution is -2.13. The zero-order chi connectivity index (χ0) is 23.3. The third-order valence-corrected chi connectivity index (χ3v) is 5.27. The fraction of sp³-hybridized carbons (Fsp3) is 0.130. The van der Waals surface area contributed by atoms with Gasteiger partial charge in [0.1, 0.15) is 5.82 Å². The van der Waals surface area contributed by atoms with Crippen LogP contribution in [-0.2, 0) is 6.18 Å². The van der Waals surface area contributed by atoms with E-state index in [1.54, 1.807) is 12.1 Å². The summed E-state index contributed by atoms with van der Waals surface area (Å²) < 4.78 is 60.6. The van der Waals surface area contributed by atoms with Crippen LogP contribution in [0.15, 0.2) is 59.1 Å². The number of hydrogen-bond acceptors (Lipinski definition) is 5. The Morgan fingerprint density at radius 2 is 1.55 bits per heavy atom. The summed E-state index contributed by atoms with van der Waals surface area (Å²) >= 11 is 0. The van der Waals surface area contributed by atoms with Crippen LogP contribution in [0.2, 0.25) is 0 Å². The van der Waals surface area contributed by atoms with Crippen LogP contribution in [0, 0.1) is 19.7 Å². The van der Waals surface area contributed by atoms with E-state index in [-0.39, 0.29) is 28.8 Å². The predicted octanol–water partition coefficient (Wildman–Crippen LogP) is 5.89. The highest BCUT2D eigenvalue weighted by molar-refractivity contribution is 5.67. The Hall–Kier alpha value is -4.08. The summed E-state index contributed by atoms with van der Waals surface area (Å²) in [4.78, 5) is 8.56. The summed E-state index contributed by atoms with van der Waals surface area (Å²) in [5, 5.41) is 7.83. The maximum absolute atomic E-state index is 13.9. The minimum Gasteiger partial charge on any atom is -0.332 e. The standard InChI is InChI=1S/C23H15F4N5O/c1-12-3-4-15(9-13(12)2)17-10-19(23(25,26)27)32-20(28-17)11-18(30-32)22-29-21(31-33-22)14-5-7-16(24)8-6-14/h3-11H,1-2H3. The molecule has 3 heterocycles. The minimum atomic E-state index is -4.67. The van der Waals surface area contributed by atoms with E-state index < -0.39 is 17.7 Å². The Morgan fingerprint density at radius 3 is 2.24 bits per heavy atom. The minimum absolute atomic E-state index is 0.0189. The molecule has 0 bridgehead atoms. The van der Waals surface area contributed by atoms with Gasteiger partial charge in [-0.05, 0) is 61.4 Å². The molecule has 0 N–H and O–H groups in total. The van der Waals surface area contributed by atoms with Crippen LogP contribution in [0.4, 0.5) is 17.6 Å². The normalized spacial score (nSPS) is 11.9. The molecular formula is C23H15F4N5O. The van der Waals surface area contributed by atoms with Crippen molar-refractivity contribution in [3.05, 3.63) is 77.2 Å². The van der Waals surface area contributed by atoms with Gasteiger partial charge < -0.3 is 4.52 Å². The Kier molecular flexibility index (Phi) is 4.73. The molecule has 0 saturated heterocycles. The largest absolute Gasteiger partial charge is 0.433 e. The number of nitrogens with zero attached hydrogens (tertiary/aromatic N) is 5. The molecule has 0 aliphatic carbocycles. The molecule has 0 aliphatic heterocycles. The number of aryl methyl sites for hydroxylation is 2. The smallest absolute Gasteiger partial charge is 0.332 e. The van der Waals surface area contributed by atoms with Crippen molar-refractivity contribution in [1.82, 2.24) is 24.7 Å². The van der Waals surface area contributed by atoms with Crippen molar-refractivity contribution in [3.63, 3.8) is 0 Å². The summed E-state index contributed by atoms with van der Waals surface area (Å²) in [6.07, 6.45) is -4.67. The average molecular weight is 453 g/mol. The van der Waals surface area contributed by atoms with Gasteiger partial charge in [-0.1, -0.05) is 17.3 Å². The molecule has 0 atom stereocenters. The molecule has 5 rings (SSSR count). The highest BCUT2D eigenvalue weighted by Crippen LogP contribution is 2.34. The van der Waals surface area contributed by atoms with Gasteiger partial charge in [-0.15, -0.1) is 0 Å². The number of fused-ring (bicyclic) bond motifs is 1. The summed E-state index contributed by atoms with van der Waals surface area (Å²) in [7, 11) is 0. The molecule has 33 heavy (non-hydrogen) atoms. The second-order valence-electron chi connectivity index (χ2n) is 7.55. The molecule has 0 aliphatic rings. The molecule has 0 fully saturated rings. The quantitative estimate of drug-likeness (QED) is 0.319. The SMILES string of the molecule is Cc1ccc(-c2cc(C(F)(F)F)n3nc(-c4nc(-c5ccc(F)cc5)no4)cc3n2)cc1C. The van der Waals surface area contributed by atoms with Crippen LogP contribution in [0.5, 0.6) is 0 Å².